The summed E-state index contributed by atoms with van der Waals surface area (Å²) >= 11 is 1.15. The number of ether oxygens (including phenoxy) is 1. The number of nitrogens with one attached hydrogen (secondary N) is 1. The number of hydrogen-bond donors (Lipinski definition) is 1. The molecular formula is C23H18N2O3S. The van der Waals surface area contributed by atoms with Gasteiger partial charge in [0.2, 0.25) is 5.91 Å². The lowest BCUT2D eigenvalue weighted by Gasteiger charge is -2.09. The van der Waals surface area contributed by atoms with Gasteiger partial charge in [0.1, 0.15) is 12.4 Å². The van der Waals surface area contributed by atoms with Crippen LogP contribution in [-0.4, -0.2) is 17.0 Å². The quantitative estimate of drug-likeness (QED) is 0.652. The second kappa shape index (κ2) is 8.32. The first kappa shape index (κ1) is 19.0. The van der Waals surface area contributed by atoms with Crippen molar-refractivity contribution in [1.29, 1.82) is 0 Å². The molecule has 0 saturated heterocycles. The molecule has 0 saturated carbocycles. The van der Waals surface area contributed by atoms with E-state index in [1.54, 1.807) is 6.08 Å². The Bertz CT molecular complexity index is 1150. The minimum Gasteiger partial charge on any atom is -0.489 e. The summed E-state index contributed by atoms with van der Waals surface area (Å²) in [5, 5.41) is 5.22. The Morgan fingerprint density at radius 2 is 1.83 bits per heavy atom. The summed E-state index contributed by atoms with van der Waals surface area (Å²) in [7, 11) is 0. The van der Waals surface area contributed by atoms with Gasteiger partial charge in [-0.25, -0.2) is 0 Å². The van der Waals surface area contributed by atoms with E-state index in [2.05, 4.69) is 34.6 Å². The first-order valence-corrected chi connectivity index (χ1v) is 9.90. The molecule has 0 aromatic heterocycles. The third-order valence-corrected chi connectivity index (χ3v) is 5.25. The molecule has 6 heteroatoms. The molecule has 5 nitrogen and oxygen atoms in total. The Hall–Kier alpha value is -3.38. The van der Waals surface area contributed by atoms with Gasteiger partial charge in [-0.05, 0) is 51.9 Å². The van der Waals surface area contributed by atoms with Gasteiger partial charge in [-0.3, -0.25) is 9.59 Å². The van der Waals surface area contributed by atoms with Gasteiger partial charge >= 0.3 is 0 Å². The van der Waals surface area contributed by atoms with Gasteiger partial charge in [-0.2, -0.15) is 4.99 Å². The number of nitrogens with zero attached hydrogens (tertiary/aromatic N) is 1. The van der Waals surface area contributed by atoms with Crippen LogP contribution in [0.3, 0.4) is 0 Å². The van der Waals surface area contributed by atoms with Crippen molar-refractivity contribution in [1.82, 2.24) is 5.32 Å². The number of fused-ring (bicyclic) bond motifs is 1. The van der Waals surface area contributed by atoms with Crippen LogP contribution in [0.25, 0.3) is 16.8 Å². The van der Waals surface area contributed by atoms with Crippen LogP contribution in [0.5, 0.6) is 5.75 Å². The molecule has 4 rings (SSSR count). The summed E-state index contributed by atoms with van der Waals surface area (Å²) in [5.74, 6) is 0.147. The van der Waals surface area contributed by atoms with E-state index in [9.17, 15) is 9.59 Å². The van der Waals surface area contributed by atoms with Gasteiger partial charge in [0.05, 0.1) is 4.91 Å². The highest BCUT2D eigenvalue weighted by Gasteiger charge is 2.22. The minimum absolute atomic E-state index is 0.252. The number of benzene rings is 3. The molecule has 1 N–H and O–H groups in total. The number of aliphatic imine (C=N–C) groups is 1. The number of amidine groups is 1. The highest BCUT2D eigenvalue weighted by molar-refractivity contribution is 8.18. The SMILES string of the molecule is CC(=O)NC1=NC(=O)/C(=C\c2ccc(OCc3cccc4ccccc34)cc2)S1. The molecule has 0 fully saturated rings. The lowest BCUT2D eigenvalue weighted by Crippen LogP contribution is -2.23. The van der Waals surface area contributed by atoms with Crippen molar-refractivity contribution in [2.45, 2.75) is 13.5 Å². The van der Waals surface area contributed by atoms with Crippen LogP contribution >= 0.6 is 11.8 Å². The molecule has 29 heavy (non-hydrogen) atoms. The Morgan fingerprint density at radius 3 is 2.62 bits per heavy atom. The van der Waals surface area contributed by atoms with Crippen molar-refractivity contribution < 1.29 is 14.3 Å². The second-order valence-corrected chi connectivity index (χ2v) is 7.54. The number of hydrogen-bond acceptors (Lipinski definition) is 4. The average molecular weight is 402 g/mol. The lowest BCUT2D eigenvalue weighted by molar-refractivity contribution is -0.117. The highest BCUT2D eigenvalue weighted by Crippen LogP contribution is 2.28. The maximum Gasteiger partial charge on any atom is 0.286 e. The van der Waals surface area contributed by atoms with Crippen molar-refractivity contribution in [3.8, 4) is 5.75 Å². The smallest absolute Gasteiger partial charge is 0.286 e. The van der Waals surface area contributed by atoms with E-state index >= 15 is 0 Å². The molecule has 0 spiro atoms. The van der Waals surface area contributed by atoms with Gasteiger partial charge in [0.15, 0.2) is 5.17 Å². The number of rotatable bonds is 4. The first-order valence-electron chi connectivity index (χ1n) is 9.08. The van der Waals surface area contributed by atoms with E-state index in [4.69, 9.17) is 4.74 Å². The maximum atomic E-state index is 12.0. The van der Waals surface area contributed by atoms with Crippen molar-refractivity contribution in [2.24, 2.45) is 4.99 Å². The van der Waals surface area contributed by atoms with Crippen LogP contribution in [0.1, 0.15) is 18.1 Å². The molecule has 1 aliphatic rings. The van der Waals surface area contributed by atoms with E-state index in [1.165, 1.54) is 17.7 Å². The lowest BCUT2D eigenvalue weighted by atomic mass is 10.1. The molecule has 2 amide bonds. The highest BCUT2D eigenvalue weighted by atomic mass is 32.2. The van der Waals surface area contributed by atoms with Crippen molar-refractivity contribution in [2.75, 3.05) is 0 Å². The number of carbonyl (C=O) groups excluding carboxylic acids is 2. The number of amides is 2. The van der Waals surface area contributed by atoms with Gasteiger partial charge in [0, 0.05) is 6.92 Å². The van der Waals surface area contributed by atoms with Crippen molar-refractivity contribution in [3.05, 3.63) is 82.8 Å². The predicted octanol–water partition coefficient (Wildman–Crippen LogP) is 4.53. The van der Waals surface area contributed by atoms with E-state index in [-0.39, 0.29) is 11.8 Å². The Kier molecular flexibility index (Phi) is 5.44. The molecule has 1 heterocycles. The van der Waals surface area contributed by atoms with E-state index < -0.39 is 0 Å². The predicted molar refractivity (Wildman–Crippen MR) is 117 cm³/mol. The van der Waals surface area contributed by atoms with E-state index in [0.717, 1.165) is 28.6 Å². The first-order chi connectivity index (χ1) is 14.1. The zero-order valence-corrected chi connectivity index (χ0v) is 16.5. The molecule has 0 bridgehead atoms. The largest absolute Gasteiger partial charge is 0.489 e. The molecule has 0 aliphatic carbocycles. The summed E-state index contributed by atoms with van der Waals surface area (Å²) in [5.41, 5.74) is 1.99. The normalized spacial score (nSPS) is 14.9. The zero-order chi connectivity index (χ0) is 20.2. The second-order valence-electron chi connectivity index (χ2n) is 6.51. The molecule has 0 radical (unpaired) electrons. The number of carbonyl (C=O) groups is 2. The Morgan fingerprint density at radius 1 is 1.07 bits per heavy atom. The molecule has 0 atom stereocenters. The van der Waals surface area contributed by atoms with Crippen LogP contribution < -0.4 is 10.1 Å². The maximum absolute atomic E-state index is 12.0. The Balaban J connectivity index is 1.42. The van der Waals surface area contributed by atoms with Gasteiger partial charge in [0.25, 0.3) is 5.91 Å². The van der Waals surface area contributed by atoms with E-state index in [1.807, 2.05) is 42.5 Å². The molecule has 0 unspecified atom stereocenters. The standard InChI is InChI=1S/C23H18N2O3S/c1-15(26)24-23-25-22(27)21(29-23)13-16-9-11-19(12-10-16)28-14-18-7-4-6-17-5-2-3-8-20(17)18/h2-13H,14H2,1H3,(H,24,25,26,27)/b21-13+. The molecule has 144 valence electrons. The summed E-state index contributed by atoms with van der Waals surface area (Å²) in [6, 6.07) is 21.9. The van der Waals surface area contributed by atoms with E-state index in [0.29, 0.717) is 16.7 Å². The fourth-order valence-electron chi connectivity index (χ4n) is 3.00. The summed E-state index contributed by atoms with van der Waals surface area (Å²) in [6.45, 7) is 1.86. The topological polar surface area (TPSA) is 67.8 Å². The molecular weight excluding hydrogens is 384 g/mol. The van der Waals surface area contributed by atoms with Crippen LogP contribution in [0, 0.1) is 0 Å². The molecule has 3 aromatic carbocycles. The van der Waals surface area contributed by atoms with Crippen molar-refractivity contribution in [3.63, 3.8) is 0 Å². The number of thioether (sulfide) groups is 1. The Labute approximate surface area is 172 Å². The average Bonchev–Trinajstić information content (AvgIpc) is 3.05. The van der Waals surface area contributed by atoms with Crippen molar-refractivity contribution >= 4 is 45.6 Å². The van der Waals surface area contributed by atoms with Gasteiger partial charge in [-0.1, -0.05) is 54.6 Å². The van der Waals surface area contributed by atoms with Crippen LogP contribution in [0.4, 0.5) is 0 Å². The van der Waals surface area contributed by atoms with Crippen LogP contribution in [-0.2, 0) is 16.2 Å². The third kappa shape index (κ3) is 4.55. The fraction of sp³-hybridized carbons (Fsp3) is 0.0870. The van der Waals surface area contributed by atoms with Crippen LogP contribution in [0.2, 0.25) is 0 Å². The monoisotopic (exact) mass is 402 g/mol. The zero-order valence-electron chi connectivity index (χ0n) is 15.7. The van der Waals surface area contributed by atoms with Gasteiger partial charge < -0.3 is 10.1 Å². The summed E-state index contributed by atoms with van der Waals surface area (Å²) in [4.78, 5) is 27.3. The third-order valence-electron chi connectivity index (χ3n) is 4.36. The minimum atomic E-state index is -0.352. The fourth-order valence-corrected chi connectivity index (χ4v) is 3.86. The summed E-state index contributed by atoms with van der Waals surface area (Å²) in [6.07, 6.45) is 1.75. The molecule has 3 aromatic rings. The summed E-state index contributed by atoms with van der Waals surface area (Å²) < 4.78 is 5.94. The van der Waals surface area contributed by atoms with Crippen LogP contribution in [0.15, 0.2) is 76.6 Å². The molecule has 1 aliphatic heterocycles. The van der Waals surface area contributed by atoms with Gasteiger partial charge in [-0.15, -0.1) is 0 Å².